The van der Waals surface area contributed by atoms with Crippen molar-refractivity contribution < 1.29 is 9.50 Å². The first-order valence-corrected chi connectivity index (χ1v) is 7.35. The van der Waals surface area contributed by atoms with Gasteiger partial charge in [0.25, 0.3) is 0 Å². The van der Waals surface area contributed by atoms with Crippen LogP contribution in [0.25, 0.3) is 11.0 Å². The lowest BCUT2D eigenvalue weighted by atomic mass is 10.0. The van der Waals surface area contributed by atoms with Crippen LogP contribution in [-0.4, -0.2) is 33.3 Å². The van der Waals surface area contributed by atoms with E-state index in [9.17, 15) is 9.50 Å². The summed E-state index contributed by atoms with van der Waals surface area (Å²) in [6, 6.07) is 3.26. The van der Waals surface area contributed by atoms with E-state index >= 15 is 0 Å². The van der Waals surface area contributed by atoms with E-state index in [1.165, 1.54) is 6.07 Å². The molecule has 128 valence electrons. The fraction of sp³-hybridized carbons (Fsp3) is 0.438. The van der Waals surface area contributed by atoms with Gasteiger partial charge in [-0.1, -0.05) is 12.2 Å². The summed E-state index contributed by atoms with van der Waals surface area (Å²) in [5.74, 6) is -0.224. The van der Waals surface area contributed by atoms with Crippen molar-refractivity contribution in [3.8, 4) is 0 Å². The normalized spacial score (nSPS) is 21.2. The van der Waals surface area contributed by atoms with Gasteiger partial charge in [-0.15, -0.1) is 24.8 Å². The number of aliphatic hydroxyl groups excluding tert-OH is 1. The van der Waals surface area contributed by atoms with Crippen LogP contribution < -0.4 is 5.32 Å². The Morgan fingerprint density at radius 3 is 2.96 bits per heavy atom. The number of aliphatic hydroxyl groups is 1. The number of piperidine rings is 1. The minimum atomic E-state index is -0.314. The molecule has 1 saturated heterocycles. The van der Waals surface area contributed by atoms with E-state index in [1.54, 1.807) is 19.3 Å². The van der Waals surface area contributed by atoms with Crippen molar-refractivity contribution in [2.24, 2.45) is 0 Å². The highest BCUT2D eigenvalue weighted by Gasteiger charge is 2.19. The zero-order valence-corrected chi connectivity index (χ0v) is 14.5. The highest BCUT2D eigenvalue weighted by molar-refractivity contribution is 5.85. The smallest absolute Gasteiger partial charge is 0.128 e. The second-order valence-corrected chi connectivity index (χ2v) is 5.55. The second kappa shape index (κ2) is 8.64. The number of halogens is 3. The lowest BCUT2D eigenvalue weighted by Crippen LogP contribution is -2.43. The number of aromatic nitrogens is 2. The fourth-order valence-electron chi connectivity index (χ4n) is 2.80. The van der Waals surface area contributed by atoms with Crippen LogP contribution >= 0.6 is 24.8 Å². The topological polar surface area (TPSA) is 50.1 Å². The highest BCUT2D eigenvalue weighted by atomic mass is 35.5. The zero-order chi connectivity index (χ0) is 14.8. The average molecular weight is 362 g/mol. The summed E-state index contributed by atoms with van der Waals surface area (Å²) in [6.45, 7) is 3.35. The average Bonchev–Trinajstić information content (AvgIpc) is 2.89. The molecule has 1 aliphatic rings. The molecule has 1 aliphatic heterocycles. The molecule has 4 nitrogen and oxygen atoms in total. The fourth-order valence-corrected chi connectivity index (χ4v) is 2.80. The molecule has 0 saturated carbocycles. The minimum absolute atomic E-state index is 0. The van der Waals surface area contributed by atoms with Gasteiger partial charge in [-0.05, 0) is 38.4 Å². The van der Waals surface area contributed by atoms with Crippen molar-refractivity contribution in [2.45, 2.75) is 38.5 Å². The predicted octanol–water partition coefficient (Wildman–Crippen LogP) is 3.00. The molecule has 2 N–H and O–H groups in total. The number of allylic oxidation sites excluding steroid dienone is 1. The van der Waals surface area contributed by atoms with Gasteiger partial charge in [0, 0.05) is 12.1 Å². The van der Waals surface area contributed by atoms with Gasteiger partial charge in [-0.25, -0.2) is 9.37 Å². The quantitative estimate of drug-likeness (QED) is 0.826. The molecule has 0 bridgehead atoms. The molecule has 1 aromatic carbocycles. The first-order valence-electron chi connectivity index (χ1n) is 7.35. The van der Waals surface area contributed by atoms with Crippen LogP contribution in [0.2, 0.25) is 0 Å². The van der Waals surface area contributed by atoms with Crippen LogP contribution in [0.4, 0.5) is 4.39 Å². The van der Waals surface area contributed by atoms with Gasteiger partial charge in [0.2, 0.25) is 0 Å². The van der Waals surface area contributed by atoms with E-state index in [1.807, 2.05) is 16.7 Å². The van der Waals surface area contributed by atoms with Crippen LogP contribution in [0.3, 0.4) is 0 Å². The van der Waals surface area contributed by atoms with E-state index in [4.69, 9.17) is 0 Å². The van der Waals surface area contributed by atoms with Crippen LogP contribution in [0.5, 0.6) is 0 Å². The summed E-state index contributed by atoms with van der Waals surface area (Å²) in [7, 11) is 0. The first kappa shape index (κ1) is 19.9. The number of imidazole rings is 1. The van der Waals surface area contributed by atoms with Gasteiger partial charge < -0.3 is 15.0 Å². The minimum Gasteiger partial charge on any atom is -0.391 e. The van der Waals surface area contributed by atoms with Gasteiger partial charge in [-0.3, -0.25) is 0 Å². The molecule has 2 atom stereocenters. The number of hydrogen-bond acceptors (Lipinski definition) is 3. The molecule has 0 radical (unpaired) electrons. The Labute approximate surface area is 147 Å². The van der Waals surface area contributed by atoms with E-state index < -0.39 is 0 Å². The van der Waals surface area contributed by atoms with Crippen LogP contribution in [0.15, 0.2) is 30.6 Å². The van der Waals surface area contributed by atoms with Crippen molar-refractivity contribution in [1.82, 2.24) is 14.9 Å². The second-order valence-electron chi connectivity index (χ2n) is 5.55. The third-order valence-corrected chi connectivity index (χ3v) is 4.10. The molecular formula is C16H22Cl2FN3O. The van der Waals surface area contributed by atoms with Crippen molar-refractivity contribution in [1.29, 1.82) is 0 Å². The summed E-state index contributed by atoms with van der Waals surface area (Å²) in [6.07, 6.45) is 7.30. The van der Waals surface area contributed by atoms with Gasteiger partial charge in [0.05, 0.1) is 29.5 Å². The Hall–Kier alpha value is -1.14. The number of benzene rings is 1. The SMILES string of the molecule is Cc1c(F)ccc2c1ncn2C/C=C/[C@H]1NCCC[C@@H]1O.Cl.Cl. The molecule has 2 aromatic rings. The summed E-state index contributed by atoms with van der Waals surface area (Å²) in [5, 5.41) is 13.2. The maximum absolute atomic E-state index is 13.5. The van der Waals surface area contributed by atoms with Gasteiger partial charge in [0.1, 0.15) is 5.82 Å². The molecule has 1 aromatic heterocycles. The van der Waals surface area contributed by atoms with E-state index in [0.717, 1.165) is 24.9 Å². The standard InChI is InChI=1S/C16H20FN3O.2ClH/c1-11-12(17)6-7-14-16(11)19-10-20(14)9-3-4-13-15(21)5-2-8-18-13;;/h3-4,6-7,10,13,15,18,21H,2,5,8-9H2,1H3;2*1H/b4-3+;;/t13-,15+;;/m1../s1. The third-order valence-electron chi connectivity index (χ3n) is 4.10. The zero-order valence-electron chi connectivity index (χ0n) is 12.9. The molecule has 1 fully saturated rings. The van der Waals surface area contributed by atoms with Crippen LogP contribution in [0, 0.1) is 12.7 Å². The number of aryl methyl sites for hydroxylation is 1. The number of fused-ring (bicyclic) bond motifs is 1. The van der Waals surface area contributed by atoms with E-state index in [-0.39, 0.29) is 42.8 Å². The lowest BCUT2D eigenvalue weighted by molar-refractivity contribution is 0.115. The molecule has 0 unspecified atom stereocenters. The Morgan fingerprint density at radius 1 is 1.43 bits per heavy atom. The summed E-state index contributed by atoms with van der Waals surface area (Å²) < 4.78 is 15.5. The maximum Gasteiger partial charge on any atom is 0.128 e. The molecule has 0 aliphatic carbocycles. The summed E-state index contributed by atoms with van der Waals surface area (Å²) >= 11 is 0. The largest absolute Gasteiger partial charge is 0.391 e. The lowest BCUT2D eigenvalue weighted by Gasteiger charge is -2.26. The van der Waals surface area contributed by atoms with Crippen molar-refractivity contribution in [3.63, 3.8) is 0 Å². The van der Waals surface area contributed by atoms with Gasteiger partial charge in [-0.2, -0.15) is 0 Å². The highest BCUT2D eigenvalue weighted by Crippen LogP contribution is 2.19. The van der Waals surface area contributed by atoms with Crippen molar-refractivity contribution in [2.75, 3.05) is 6.54 Å². The van der Waals surface area contributed by atoms with E-state index in [2.05, 4.69) is 10.3 Å². The molecule has 0 spiro atoms. The molecule has 23 heavy (non-hydrogen) atoms. The Bertz CT molecular complexity index is 675. The Morgan fingerprint density at radius 2 is 2.22 bits per heavy atom. The summed E-state index contributed by atoms with van der Waals surface area (Å²) in [5.41, 5.74) is 2.22. The molecular weight excluding hydrogens is 340 g/mol. The van der Waals surface area contributed by atoms with Gasteiger partial charge in [0.15, 0.2) is 0 Å². The molecule has 3 rings (SSSR count). The number of hydrogen-bond donors (Lipinski definition) is 2. The first-order chi connectivity index (χ1) is 10.2. The third kappa shape index (κ3) is 4.23. The predicted molar refractivity (Wildman–Crippen MR) is 95.1 cm³/mol. The monoisotopic (exact) mass is 361 g/mol. The molecule has 7 heteroatoms. The van der Waals surface area contributed by atoms with E-state index in [0.29, 0.717) is 17.6 Å². The number of rotatable bonds is 3. The van der Waals surface area contributed by atoms with Gasteiger partial charge >= 0.3 is 0 Å². The Balaban J connectivity index is 0.00000132. The van der Waals surface area contributed by atoms with Crippen molar-refractivity contribution in [3.05, 3.63) is 42.0 Å². The van der Waals surface area contributed by atoms with Crippen LogP contribution in [-0.2, 0) is 6.54 Å². The number of nitrogens with zero attached hydrogens (tertiary/aromatic N) is 2. The van der Waals surface area contributed by atoms with Crippen molar-refractivity contribution >= 4 is 35.8 Å². The van der Waals surface area contributed by atoms with Crippen LogP contribution in [0.1, 0.15) is 18.4 Å². The Kier molecular flexibility index (Phi) is 7.48. The molecule has 0 amide bonds. The summed E-state index contributed by atoms with van der Waals surface area (Å²) in [4.78, 5) is 4.28. The molecule has 2 heterocycles. The maximum atomic E-state index is 13.5. The number of nitrogens with one attached hydrogen (secondary N) is 1.